The first-order valence-electron chi connectivity index (χ1n) is 14.1. The second kappa shape index (κ2) is 12.2. The predicted molar refractivity (Wildman–Crippen MR) is 167 cm³/mol. The molecule has 2 heterocycles. The first-order valence-corrected chi connectivity index (χ1v) is 14.5. The molecule has 0 fully saturated rings. The zero-order valence-corrected chi connectivity index (χ0v) is 24.7. The third-order valence-corrected chi connectivity index (χ3v) is 7.89. The van der Waals surface area contributed by atoms with E-state index in [0.717, 1.165) is 33.5 Å². The molecule has 0 saturated heterocycles. The lowest BCUT2D eigenvalue weighted by Crippen LogP contribution is -2.41. The summed E-state index contributed by atoms with van der Waals surface area (Å²) >= 11 is 6.15. The van der Waals surface area contributed by atoms with Gasteiger partial charge in [-0.2, -0.15) is 0 Å². The van der Waals surface area contributed by atoms with Gasteiger partial charge in [-0.05, 0) is 60.5 Å². The number of anilines is 1. The molecule has 8 heteroatoms. The Bertz CT molecular complexity index is 1780. The van der Waals surface area contributed by atoms with Gasteiger partial charge in [0.25, 0.3) is 5.91 Å². The molecule has 0 saturated carbocycles. The summed E-state index contributed by atoms with van der Waals surface area (Å²) < 4.78 is 19.3. The van der Waals surface area contributed by atoms with Crippen LogP contribution in [0.4, 0.5) is 5.69 Å². The van der Waals surface area contributed by atoms with E-state index in [2.05, 4.69) is 4.90 Å². The summed E-state index contributed by atoms with van der Waals surface area (Å²) in [5.41, 5.74) is 4.65. The third-order valence-electron chi connectivity index (χ3n) is 7.65. The van der Waals surface area contributed by atoms with Crippen molar-refractivity contribution in [2.75, 3.05) is 25.1 Å². The number of likely N-dealkylation sites (N-methyl/N-ethyl adjacent to an activating group) is 1. The molecule has 1 aliphatic heterocycles. The number of aromatic nitrogens is 1. The van der Waals surface area contributed by atoms with Crippen molar-refractivity contribution in [2.45, 2.75) is 26.1 Å². The lowest BCUT2D eigenvalue weighted by molar-refractivity contribution is -0.144. The van der Waals surface area contributed by atoms with E-state index in [1.54, 1.807) is 28.8 Å². The van der Waals surface area contributed by atoms with Crippen LogP contribution in [0.2, 0.25) is 5.02 Å². The first kappa shape index (κ1) is 28.4. The largest absolute Gasteiger partial charge is 0.490 e. The molecule has 218 valence electrons. The fraction of sp³-hybridized carbons (Fsp3) is 0.200. The summed E-state index contributed by atoms with van der Waals surface area (Å²) in [5.74, 6) is 0.836. The van der Waals surface area contributed by atoms with Crippen molar-refractivity contribution < 1.29 is 23.8 Å². The summed E-state index contributed by atoms with van der Waals surface area (Å²) in [6.45, 7) is 3.08. The van der Waals surface area contributed by atoms with Crippen LogP contribution in [0.15, 0.2) is 97.1 Å². The van der Waals surface area contributed by atoms with E-state index in [9.17, 15) is 9.59 Å². The fourth-order valence-electron chi connectivity index (χ4n) is 5.47. The van der Waals surface area contributed by atoms with Crippen molar-refractivity contribution in [3.63, 3.8) is 0 Å². The van der Waals surface area contributed by atoms with Crippen LogP contribution in [-0.2, 0) is 22.6 Å². The topological polar surface area (TPSA) is 70.0 Å². The third kappa shape index (κ3) is 6.08. The molecule has 4 aromatic carbocycles. The number of hydrogen-bond acceptors (Lipinski definition) is 6. The van der Waals surface area contributed by atoms with Gasteiger partial charge in [-0.25, -0.2) is 0 Å². The number of carbonyl (C=O) groups is 2. The van der Waals surface area contributed by atoms with Crippen LogP contribution in [0.1, 0.15) is 27.2 Å². The zero-order valence-electron chi connectivity index (χ0n) is 24.0. The summed E-state index contributed by atoms with van der Waals surface area (Å²) in [5, 5.41) is 1.47. The molecule has 0 spiro atoms. The second-order valence-corrected chi connectivity index (χ2v) is 11.0. The predicted octanol–water partition coefficient (Wildman–Crippen LogP) is 6.85. The zero-order chi connectivity index (χ0) is 29.9. The number of rotatable bonds is 8. The minimum atomic E-state index is -0.344. The number of fused-ring (bicyclic) bond motifs is 2. The number of esters is 1. The summed E-state index contributed by atoms with van der Waals surface area (Å²) in [7, 11) is 2.01. The molecule has 0 radical (unpaired) electrons. The van der Waals surface area contributed by atoms with Crippen LogP contribution in [0.5, 0.6) is 11.5 Å². The normalized spacial score (nSPS) is 14.2. The summed E-state index contributed by atoms with van der Waals surface area (Å²) in [6.07, 6.45) is -0.106. The van der Waals surface area contributed by atoms with Crippen molar-refractivity contribution >= 4 is 40.1 Å². The van der Waals surface area contributed by atoms with E-state index in [4.69, 9.17) is 25.8 Å². The SMILES string of the molecule is Cc1c(CC(=O)OCc2ccccc2)c2ccccc2n1C(=O)c1ccc(OC[C@@H]2CN(C)c3ccc(Cl)cc3O2)cc1. The minimum absolute atomic E-state index is 0.0708. The van der Waals surface area contributed by atoms with Gasteiger partial charge < -0.3 is 19.1 Å². The smallest absolute Gasteiger partial charge is 0.310 e. The Balaban J connectivity index is 1.14. The van der Waals surface area contributed by atoms with Crippen LogP contribution in [0.25, 0.3) is 10.9 Å². The Morgan fingerprint density at radius 2 is 1.70 bits per heavy atom. The van der Waals surface area contributed by atoms with E-state index < -0.39 is 0 Å². The highest BCUT2D eigenvalue weighted by atomic mass is 35.5. The van der Waals surface area contributed by atoms with Crippen molar-refractivity contribution in [1.29, 1.82) is 0 Å². The molecular formula is C35H31ClN2O5. The molecule has 0 bridgehead atoms. The standard InChI is InChI=1S/C35H31ClN2O5/c1-23-30(19-34(39)42-21-24-8-4-3-5-9-24)29-10-6-7-11-31(29)38(23)35(40)25-12-15-27(16-13-25)41-22-28-20-37(2)32-17-14-26(36)18-33(32)43-28/h3-18,28H,19-22H2,1-2H3/t28-/m0/s1. The highest BCUT2D eigenvalue weighted by molar-refractivity contribution is 6.30. The molecule has 1 aromatic heterocycles. The second-order valence-electron chi connectivity index (χ2n) is 10.6. The van der Waals surface area contributed by atoms with Gasteiger partial charge in [0, 0.05) is 34.8 Å². The minimum Gasteiger partial charge on any atom is -0.490 e. The highest BCUT2D eigenvalue weighted by Crippen LogP contribution is 2.35. The number of halogens is 1. The van der Waals surface area contributed by atoms with Gasteiger partial charge in [0.15, 0.2) is 0 Å². The maximum absolute atomic E-state index is 13.8. The molecule has 7 nitrogen and oxygen atoms in total. The van der Waals surface area contributed by atoms with Crippen molar-refractivity contribution in [1.82, 2.24) is 4.57 Å². The Hall–Kier alpha value is -4.75. The summed E-state index contributed by atoms with van der Waals surface area (Å²) in [6, 6.07) is 29.9. The molecule has 0 unspecified atom stereocenters. The van der Waals surface area contributed by atoms with Crippen molar-refractivity contribution in [3.8, 4) is 11.5 Å². The Morgan fingerprint density at radius 1 is 0.953 bits per heavy atom. The molecule has 0 N–H and O–H groups in total. The molecule has 6 rings (SSSR count). The monoisotopic (exact) mass is 594 g/mol. The van der Waals surface area contributed by atoms with Crippen LogP contribution in [0, 0.1) is 6.92 Å². The maximum atomic E-state index is 13.8. The average Bonchev–Trinajstić information content (AvgIpc) is 3.29. The fourth-order valence-corrected chi connectivity index (χ4v) is 5.63. The van der Waals surface area contributed by atoms with Crippen LogP contribution in [-0.4, -0.2) is 42.7 Å². The van der Waals surface area contributed by atoms with Gasteiger partial charge in [0.05, 0.1) is 24.2 Å². The molecule has 0 amide bonds. The van der Waals surface area contributed by atoms with Crippen LogP contribution >= 0.6 is 11.6 Å². The molecule has 0 aliphatic carbocycles. The quantitative estimate of drug-likeness (QED) is 0.183. The lowest BCUT2D eigenvalue weighted by Gasteiger charge is -2.33. The molecule has 1 atom stereocenters. The molecule has 5 aromatic rings. The van der Waals surface area contributed by atoms with E-state index in [1.807, 2.05) is 86.8 Å². The lowest BCUT2D eigenvalue weighted by atomic mass is 10.1. The van der Waals surface area contributed by atoms with Crippen molar-refractivity contribution in [2.24, 2.45) is 0 Å². The van der Waals surface area contributed by atoms with Gasteiger partial charge in [-0.1, -0.05) is 60.1 Å². The number of para-hydroxylation sites is 1. The van der Waals surface area contributed by atoms with Crippen molar-refractivity contribution in [3.05, 3.63) is 124 Å². The molecule has 1 aliphatic rings. The summed E-state index contributed by atoms with van der Waals surface area (Å²) in [4.78, 5) is 28.7. The number of benzene rings is 4. The Morgan fingerprint density at radius 3 is 2.49 bits per heavy atom. The van der Waals surface area contributed by atoms with Gasteiger partial charge in [-0.15, -0.1) is 0 Å². The van der Waals surface area contributed by atoms with E-state index in [-0.39, 0.29) is 31.0 Å². The Labute approximate surface area is 255 Å². The van der Waals surface area contributed by atoms with E-state index in [0.29, 0.717) is 35.2 Å². The van der Waals surface area contributed by atoms with Gasteiger partial charge >= 0.3 is 5.97 Å². The highest BCUT2D eigenvalue weighted by Gasteiger charge is 2.25. The first-order chi connectivity index (χ1) is 20.9. The van der Waals surface area contributed by atoms with Gasteiger partial charge in [-0.3, -0.25) is 14.2 Å². The number of hydrogen-bond donors (Lipinski definition) is 0. The number of ether oxygens (including phenoxy) is 3. The van der Waals surface area contributed by atoms with Gasteiger partial charge in [0.2, 0.25) is 0 Å². The van der Waals surface area contributed by atoms with Gasteiger partial charge in [0.1, 0.15) is 30.8 Å². The number of carbonyl (C=O) groups excluding carboxylic acids is 2. The van der Waals surface area contributed by atoms with E-state index in [1.165, 1.54) is 0 Å². The van der Waals surface area contributed by atoms with E-state index >= 15 is 0 Å². The van der Waals surface area contributed by atoms with Crippen LogP contribution in [0.3, 0.4) is 0 Å². The number of nitrogens with zero attached hydrogens (tertiary/aromatic N) is 2. The Kier molecular flexibility index (Phi) is 8.07. The maximum Gasteiger partial charge on any atom is 0.310 e. The average molecular weight is 595 g/mol. The molecular weight excluding hydrogens is 564 g/mol. The molecule has 43 heavy (non-hydrogen) atoms. The van der Waals surface area contributed by atoms with Crippen LogP contribution < -0.4 is 14.4 Å².